The molecule has 0 bridgehead atoms. The maximum Gasteiger partial charge on any atom is 0.354 e. The lowest BCUT2D eigenvalue weighted by Crippen LogP contribution is -2.39. The number of nitrogens with zero attached hydrogens (tertiary/aromatic N) is 3. The number of carboxylic acid groups (broad SMARTS) is 1. The molecule has 1 aromatic heterocycles. The Bertz CT molecular complexity index is 724. The van der Waals surface area contributed by atoms with Gasteiger partial charge in [-0.15, -0.1) is 0 Å². The van der Waals surface area contributed by atoms with Gasteiger partial charge in [-0.2, -0.15) is 5.10 Å². The summed E-state index contributed by atoms with van der Waals surface area (Å²) in [5, 5.41) is 16.3. The first-order valence-corrected chi connectivity index (χ1v) is 6.95. The fourth-order valence-corrected chi connectivity index (χ4v) is 2.67. The summed E-state index contributed by atoms with van der Waals surface area (Å²) in [6.07, 6.45) is 0.554. The van der Waals surface area contributed by atoms with Crippen molar-refractivity contribution >= 4 is 17.7 Å². The predicted molar refractivity (Wildman–Crippen MR) is 79.7 cm³/mol. The number of benzene rings is 1. The molecule has 1 aliphatic heterocycles. The number of aryl methyl sites for hydroxylation is 1. The summed E-state index contributed by atoms with van der Waals surface area (Å²) in [4.78, 5) is 25.2. The van der Waals surface area contributed by atoms with Gasteiger partial charge in [0.2, 0.25) is 0 Å². The Kier molecular flexibility index (Phi) is 3.54. The van der Waals surface area contributed by atoms with E-state index in [-0.39, 0.29) is 18.3 Å². The number of anilines is 1. The second-order valence-electron chi connectivity index (χ2n) is 5.17. The highest BCUT2D eigenvalue weighted by Gasteiger charge is 2.29. The molecule has 1 aliphatic rings. The molecule has 0 fully saturated rings. The maximum absolute atomic E-state index is 12.3. The topological polar surface area (TPSA) is 87.5 Å². The van der Waals surface area contributed by atoms with Gasteiger partial charge in [0.05, 0.1) is 12.2 Å². The first-order valence-electron chi connectivity index (χ1n) is 6.95. The minimum atomic E-state index is -1.03. The van der Waals surface area contributed by atoms with Crippen molar-refractivity contribution in [3.63, 3.8) is 0 Å². The lowest BCUT2D eigenvalue weighted by molar-refractivity contribution is 0.0682. The van der Waals surface area contributed by atoms with Gasteiger partial charge in [0.15, 0.2) is 5.69 Å². The number of urea groups is 1. The summed E-state index contributed by atoms with van der Waals surface area (Å²) in [6, 6.07) is 8.93. The predicted octanol–water partition coefficient (Wildman–Crippen LogP) is 1.71. The molecule has 0 spiro atoms. The van der Waals surface area contributed by atoms with Crippen molar-refractivity contribution in [2.45, 2.75) is 13.0 Å². The van der Waals surface area contributed by atoms with Crippen LogP contribution >= 0.6 is 0 Å². The van der Waals surface area contributed by atoms with Gasteiger partial charge in [-0.25, -0.2) is 9.59 Å². The molecule has 2 heterocycles. The monoisotopic (exact) mass is 300 g/mol. The van der Waals surface area contributed by atoms with Crippen molar-refractivity contribution in [3.8, 4) is 0 Å². The number of amides is 2. The molecule has 0 radical (unpaired) electrons. The summed E-state index contributed by atoms with van der Waals surface area (Å²) in [5.41, 5.74) is 2.23. The number of para-hydroxylation sites is 1. The van der Waals surface area contributed by atoms with Crippen LogP contribution in [0.3, 0.4) is 0 Å². The molecule has 114 valence electrons. The van der Waals surface area contributed by atoms with Crippen LogP contribution in [0.5, 0.6) is 0 Å². The van der Waals surface area contributed by atoms with E-state index in [0.29, 0.717) is 24.2 Å². The number of hydrogen-bond acceptors (Lipinski definition) is 3. The quantitative estimate of drug-likeness (QED) is 0.884. The zero-order valence-corrected chi connectivity index (χ0v) is 12.1. The van der Waals surface area contributed by atoms with Crippen LogP contribution in [0.1, 0.15) is 21.7 Å². The van der Waals surface area contributed by atoms with Crippen LogP contribution < -0.4 is 5.32 Å². The molecule has 0 atom stereocenters. The lowest BCUT2D eigenvalue weighted by Gasteiger charge is -2.26. The van der Waals surface area contributed by atoms with Crippen LogP contribution in [-0.2, 0) is 20.0 Å². The minimum Gasteiger partial charge on any atom is -0.477 e. The van der Waals surface area contributed by atoms with E-state index < -0.39 is 5.97 Å². The van der Waals surface area contributed by atoms with Gasteiger partial charge in [0.1, 0.15) is 0 Å². The van der Waals surface area contributed by atoms with E-state index in [1.807, 2.05) is 18.2 Å². The Morgan fingerprint density at radius 1 is 1.27 bits per heavy atom. The summed E-state index contributed by atoms with van der Waals surface area (Å²) in [7, 11) is 1.61. The van der Waals surface area contributed by atoms with E-state index in [2.05, 4.69) is 10.4 Å². The number of aromatic nitrogens is 2. The number of aromatic carboxylic acids is 1. The van der Waals surface area contributed by atoms with Gasteiger partial charge in [-0.05, 0) is 12.1 Å². The van der Waals surface area contributed by atoms with E-state index in [1.54, 1.807) is 24.1 Å². The molecule has 0 saturated carbocycles. The fourth-order valence-electron chi connectivity index (χ4n) is 2.67. The SMILES string of the molecule is Cn1nc2c(c1C(=O)O)CN(C(=O)Nc1ccccc1)CC2. The third kappa shape index (κ3) is 2.52. The van der Waals surface area contributed by atoms with Crippen LogP contribution in [0, 0.1) is 0 Å². The molecule has 3 rings (SSSR count). The zero-order chi connectivity index (χ0) is 15.7. The highest BCUT2D eigenvalue weighted by molar-refractivity contribution is 5.91. The number of nitrogens with one attached hydrogen (secondary N) is 1. The summed E-state index contributed by atoms with van der Waals surface area (Å²) < 4.78 is 1.37. The molecule has 7 heteroatoms. The highest BCUT2D eigenvalue weighted by Crippen LogP contribution is 2.22. The van der Waals surface area contributed by atoms with Gasteiger partial charge in [0, 0.05) is 31.3 Å². The van der Waals surface area contributed by atoms with Crippen molar-refractivity contribution in [2.24, 2.45) is 7.05 Å². The Morgan fingerprint density at radius 2 is 2.00 bits per heavy atom. The van der Waals surface area contributed by atoms with E-state index in [1.165, 1.54) is 4.68 Å². The van der Waals surface area contributed by atoms with Crippen LogP contribution in [0.2, 0.25) is 0 Å². The first kappa shape index (κ1) is 14.1. The molecule has 2 N–H and O–H groups in total. The summed E-state index contributed by atoms with van der Waals surface area (Å²) in [6.45, 7) is 0.769. The van der Waals surface area contributed by atoms with Crippen LogP contribution in [0.25, 0.3) is 0 Å². The number of hydrogen-bond donors (Lipinski definition) is 2. The molecule has 0 aliphatic carbocycles. The van der Waals surface area contributed by atoms with Gasteiger partial charge in [0.25, 0.3) is 0 Å². The van der Waals surface area contributed by atoms with Crippen molar-refractivity contribution in [2.75, 3.05) is 11.9 Å². The largest absolute Gasteiger partial charge is 0.477 e. The van der Waals surface area contributed by atoms with Crippen molar-refractivity contribution in [3.05, 3.63) is 47.3 Å². The van der Waals surface area contributed by atoms with Crippen molar-refractivity contribution in [1.82, 2.24) is 14.7 Å². The number of fused-ring (bicyclic) bond motifs is 1. The standard InChI is InChI=1S/C15H16N4O3/c1-18-13(14(20)21)11-9-19(8-7-12(11)17-18)15(22)16-10-5-3-2-4-6-10/h2-6H,7-9H2,1H3,(H,16,22)(H,20,21). The fraction of sp³-hybridized carbons (Fsp3) is 0.267. The molecule has 1 aromatic carbocycles. The molecule has 22 heavy (non-hydrogen) atoms. The molecule has 2 aromatic rings. The number of carboxylic acids is 1. The second kappa shape index (κ2) is 5.51. The number of carbonyl (C=O) groups is 2. The normalized spacial score (nSPS) is 13.6. The molecule has 2 amide bonds. The second-order valence-corrected chi connectivity index (χ2v) is 5.17. The van der Waals surface area contributed by atoms with Crippen LogP contribution in [0.4, 0.5) is 10.5 Å². The molecular formula is C15H16N4O3. The number of rotatable bonds is 2. The van der Waals surface area contributed by atoms with Crippen LogP contribution in [0.15, 0.2) is 30.3 Å². The van der Waals surface area contributed by atoms with Gasteiger partial charge < -0.3 is 15.3 Å². The Morgan fingerprint density at radius 3 is 2.68 bits per heavy atom. The number of carbonyl (C=O) groups excluding carboxylic acids is 1. The summed E-state index contributed by atoms with van der Waals surface area (Å²) in [5.74, 6) is -1.03. The third-order valence-corrected chi connectivity index (χ3v) is 3.71. The van der Waals surface area contributed by atoms with Gasteiger partial charge in [-0.1, -0.05) is 18.2 Å². The Labute approximate surface area is 127 Å². The Hall–Kier alpha value is -2.83. The minimum absolute atomic E-state index is 0.146. The average molecular weight is 300 g/mol. The summed E-state index contributed by atoms with van der Waals surface area (Å²) >= 11 is 0. The van der Waals surface area contributed by atoms with Crippen LogP contribution in [-0.4, -0.2) is 38.3 Å². The zero-order valence-electron chi connectivity index (χ0n) is 12.1. The van der Waals surface area contributed by atoms with E-state index in [9.17, 15) is 14.7 Å². The van der Waals surface area contributed by atoms with E-state index in [0.717, 1.165) is 5.69 Å². The van der Waals surface area contributed by atoms with Gasteiger partial charge >= 0.3 is 12.0 Å². The smallest absolute Gasteiger partial charge is 0.354 e. The molecular weight excluding hydrogens is 284 g/mol. The first-order chi connectivity index (χ1) is 10.6. The van der Waals surface area contributed by atoms with Crippen molar-refractivity contribution in [1.29, 1.82) is 0 Å². The molecule has 0 saturated heterocycles. The molecule has 7 nitrogen and oxygen atoms in total. The van der Waals surface area contributed by atoms with E-state index >= 15 is 0 Å². The lowest BCUT2D eigenvalue weighted by atomic mass is 10.1. The van der Waals surface area contributed by atoms with E-state index in [4.69, 9.17) is 0 Å². The Balaban J connectivity index is 1.79. The highest BCUT2D eigenvalue weighted by atomic mass is 16.4. The maximum atomic E-state index is 12.3. The average Bonchev–Trinajstić information content (AvgIpc) is 2.83. The van der Waals surface area contributed by atoms with Gasteiger partial charge in [-0.3, -0.25) is 4.68 Å². The molecule has 0 unspecified atom stereocenters. The van der Waals surface area contributed by atoms with Crippen molar-refractivity contribution < 1.29 is 14.7 Å². The third-order valence-electron chi connectivity index (χ3n) is 3.71.